The number of hydrogen-bond donors (Lipinski definition) is 1. The number of nitriles is 1. The zero-order valence-corrected chi connectivity index (χ0v) is 14.3. The second-order valence-electron chi connectivity index (χ2n) is 4.90. The van der Waals surface area contributed by atoms with Crippen LogP contribution in [0.25, 0.3) is 0 Å². The number of hydrogen-bond acceptors (Lipinski definition) is 6. The summed E-state index contributed by atoms with van der Waals surface area (Å²) in [7, 11) is 0. The number of rotatable bonds is 4. The first-order valence-corrected chi connectivity index (χ1v) is 8.46. The molecule has 0 saturated heterocycles. The molecule has 0 radical (unpaired) electrons. The van der Waals surface area contributed by atoms with Crippen molar-refractivity contribution in [1.82, 2.24) is 0 Å². The first kappa shape index (κ1) is 15.8. The smallest absolute Gasteiger partial charge is 0.374 e. The molecule has 0 aromatic carbocycles. The monoisotopic (exact) mass is 394 g/mol. The van der Waals surface area contributed by atoms with Crippen molar-refractivity contribution in [3.63, 3.8) is 0 Å². The molecule has 8 heteroatoms. The molecule has 0 saturated carbocycles. The zero-order valence-electron chi connectivity index (χ0n) is 11.8. The van der Waals surface area contributed by atoms with Gasteiger partial charge in [-0.1, -0.05) is 0 Å². The Bertz CT molecular complexity index is 818. The van der Waals surface area contributed by atoms with E-state index in [1.807, 2.05) is 0 Å². The molecule has 0 bridgehead atoms. The maximum atomic E-state index is 11.9. The quantitative estimate of drug-likeness (QED) is 0.803. The number of halogens is 1. The minimum absolute atomic E-state index is 0.0116. The molecule has 3 rings (SSSR count). The highest BCUT2D eigenvalue weighted by atomic mass is 79.9. The summed E-state index contributed by atoms with van der Waals surface area (Å²) < 4.78 is 10.3. The SMILES string of the molecule is N#Cc1c(NC(=O)COC(=O)c2ccc(Br)o2)sc2c1CCC2. The van der Waals surface area contributed by atoms with Gasteiger partial charge in [0.2, 0.25) is 5.76 Å². The number of esters is 1. The van der Waals surface area contributed by atoms with E-state index in [2.05, 4.69) is 27.3 Å². The van der Waals surface area contributed by atoms with Crippen molar-refractivity contribution in [2.45, 2.75) is 19.3 Å². The molecule has 6 nitrogen and oxygen atoms in total. The molecule has 0 fully saturated rings. The van der Waals surface area contributed by atoms with Crippen molar-refractivity contribution < 1.29 is 18.7 Å². The molecule has 0 unspecified atom stereocenters. The summed E-state index contributed by atoms with van der Waals surface area (Å²) in [5, 5.41) is 12.4. The Morgan fingerprint density at radius 1 is 1.43 bits per heavy atom. The van der Waals surface area contributed by atoms with E-state index < -0.39 is 18.5 Å². The topological polar surface area (TPSA) is 92.3 Å². The Balaban J connectivity index is 1.60. The average Bonchev–Trinajstić information content (AvgIpc) is 3.20. The van der Waals surface area contributed by atoms with Crippen molar-refractivity contribution in [3.8, 4) is 6.07 Å². The summed E-state index contributed by atoms with van der Waals surface area (Å²) in [6.07, 6.45) is 2.85. The molecule has 0 aliphatic heterocycles. The van der Waals surface area contributed by atoms with Gasteiger partial charge in [-0.3, -0.25) is 4.79 Å². The van der Waals surface area contributed by atoms with E-state index in [-0.39, 0.29) is 5.76 Å². The Morgan fingerprint density at radius 2 is 2.26 bits per heavy atom. The summed E-state index contributed by atoms with van der Waals surface area (Å²) in [6, 6.07) is 5.15. The lowest BCUT2D eigenvalue weighted by atomic mass is 10.1. The summed E-state index contributed by atoms with van der Waals surface area (Å²) in [4.78, 5) is 24.8. The lowest BCUT2D eigenvalue weighted by molar-refractivity contribution is -0.119. The highest BCUT2D eigenvalue weighted by Gasteiger charge is 2.23. The molecule has 23 heavy (non-hydrogen) atoms. The van der Waals surface area contributed by atoms with Crippen molar-refractivity contribution in [1.29, 1.82) is 5.26 Å². The first-order valence-electron chi connectivity index (χ1n) is 6.85. The summed E-state index contributed by atoms with van der Waals surface area (Å²) in [5.74, 6) is -1.20. The molecule has 1 amide bonds. The number of carbonyl (C=O) groups excluding carboxylic acids is 2. The van der Waals surface area contributed by atoms with Gasteiger partial charge in [-0.2, -0.15) is 5.26 Å². The normalized spacial score (nSPS) is 12.5. The predicted octanol–water partition coefficient (Wildman–Crippen LogP) is 3.26. The molecule has 0 atom stereocenters. The van der Waals surface area contributed by atoms with Gasteiger partial charge in [-0.05, 0) is 52.9 Å². The van der Waals surface area contributed by atoms with Gasteiger partial charge in [-0.15, -0.1) is 11.3 Å². The van der Waals surface area contributed by atoms with Crippen LogP contribution in [0, 0.1) is 11.3 Å². The molecule has 1 aliphatic rings. The Hall–Kier alpha value is -2.11. The third-order valence-corrected chi connectivity index (χ3v) is 5.03. The van der Waals surface area contributed by atoms with Crippen molar-refractivity contribution in [2.24, 2.45) is 0 Å². The summed E-state index contributed by atoms with van der Waals surface area (Å²) in [6.45, 7) is -0.440. The number of carbonyl (C=O) groups is 2. The number of nitrogens with zero attached hydrogens (tertiary/aromatic N) is 1. The Kier molecular flexibility index (Phi) is 4.50. The van der Waals surface area contributed by atoms with E-state index in [1.165, 1.54) is 17.4 Å². The molecule has 0 spiro atoms. The maximum Gasteiger partial charge on any atom is 0.374 e. The Morgan fingerprint density at radius 3 is 2.96 bits per heavy atom. The van der Waals surface area contributed by atoms with E-state index in [1.54, 1.807) is 6.07 Å². The van der Waals surface area contributed by atoms with Crippen molar-refractivity contribution in [2.75, 3.05) is 11.9 Å². The van der Waals surface area contributed by atoms with Gasteiger partial charge in [0.25, 0.3) is 5.91 Å². The minimum atomic E-state index is -0.722. The number of nitrogens with one attached hydrogen (secondary N) is 1. The van der Waals surface area contributed by atoms with Crippen LogP contribution in [-0.4, -0.2) is 18.5 Å². The number of anilines is 1. The average molecular weight is 395 g/mol. The van der Waals surface area contributed by atoms with Crippen LogP contribution in [0.1, 0.15) is 33.0 Å². The minimum Gasteiger partial charge on any atom is -0.450 e. The third-order valence-electron chi connectivity index (χ3n) is 3.39. The lowest BCUT2D eigenvalue weighted by Crippen LogP contribution is -2.20. The van der Waals surface area contributed by atoms with Crippen molar-refractivity contribution in [3.05, 3.63) is 38.6 Å². The first-order chi connectivity index (χ1) is 11.1. The van der Waals surface area contributed by atoms with Crippen LogP contribution in [-0.2, 0) is 22.4 Å². The molecule has 2 heterocycles. The Labute approximate surface area is 144 Å². The fraction of sp³-hybridized carbons (Fsp3) is 0.267. The third kappa shape index (κ3) is 3.30. The van der Waals surface area contributed by atoms with E-state index >= 15 is 0 Å². The number of thiophene rings is 1. The number of furan rings is 1. The number of aryl methyl sites for hydroxylation is 1. The van der Waals surface area contributed by atoms with Gasteiger partial charge >= 0.3 is 5.97 Å². The van der Waals surface area contributed by atoms with Gasteiger partial charge in [0.05, 0.1) is 5.56 Å². The zero-order chi connectivity index (χ0) is 16.4. The second kappa shape index (κ2) is 6.56. The fourth-order valence-corrected chi connectivity index (χ4v) is 3.96. The highest BCUT2D eigenvalue weighted by molar-refractivity contribution is 9.10. The van der Waals surface area contributed by atoms with E-state index in [0.717, 1.165) is 29.7 Å². The fourth-order valence-electron chi connectivity index (χ4n) is 2.40. The van der Waals surface area contributed by atoms with Crippen LogP contribution >= 0.6 is 27.3 Å². The molecule has 1 N–H and O–H groups in total. The highest BCUT2D eigenvalue weighted by Crippen LogP contribution is 2.38. The van der Waals surface area contributed by atoms with Crippen LogP contribution in [0.5, 0.6) is 0 Å². The number of ether oxygens (including phenoxy) is 1. The predicted molar refractivity (Wildman–Crippen MR) is 86.4 cm³/mol. The number of amides is 1. The van der Waals surface area contributed by atoms with E-state index in [9.17, 15) is 14.9 Å². The van der Waals surface area contributed by atoms with Gasteiger partial charge in [0.1, 0.15) is 11.1 Å². The number of fused-ring (bicyclic) bond motifs is 1. The summed E-state index contributed by atoms with van der Waals surface area (Å²) in [5.41, 5.74) is 1.56. The standard InChI is InChI=1S/C15H11BrN2O4S/c16-12-5-4-10(22-12)15(20)21-7-13(19)18-14-9(6-17)8-2-1-3-11(8)23-14/h4-5H,1-3,7H2,(H,18,19). The molecule has 1 aliphatic carbocycles. The van der Waals surface area contributed by atoms with Crippen molar-refractivity contribution >= 4 is 44.1 Å². The largest absolute Gasteiger partial charge is 0.450 e. The maximum absolute atomic E-state index is 11.9. The van der Waals surface area contributed by atoms with Gasteiger partial charge in [0.15, 0.2) is 11.3 Å². The molecule has 118 valence electrons. The van der Waals surface area contributed by atoms with Crippen LogP contribution in [0.4, 0.5) is 5.00 Å². The molecular formula is C15H11BrN2O4S. The van der Waals surface area contributed by atoms with Crippen LogP contribution in [0.3, 0.4) is 0 Å². The summed E-state index contributed by atoms with van der Waals surface area (Å²) >= 11 is 4.49. The second-order valence-corrected chi connectivity index (χ2v) is 6.79. The van der Waals surface area contributed by atoms with Crippen LogP contribution < -0.4 is 5.32 Å². The van der Waals surface area contributed by atoms with E-state index in [4.69, 9.17) is 9.15 Å². The van der Waals surface area contributed by atoms with E-state index in [0.29, 0.717) is 15.2 Å². The van der Waals surface area contributed by atoms with Gasteiger partial charge in [-0.25, -0.2) is 4.79 Å². The van der Waals surface area contributed by atoms with Gasteiger partial charge in [0, 0.05) is 4.88 Å². The molecule has 2 aromatic rings. The molecular weight excluding hydrogens is 384 g/mol. The van der Waals surface area contributed by atoms with Crippen LogP contribution in [0.2, 0.25) is 0 Å². The molecule has 2 aromatic heterocycles. The van der Waals surface area contributed by atoms with Gasteiger partial charge < -0.3 is 14.5 Å². The lowest BCUT2D eigenvalue weighted by Gasteiger charge is -2.04. The van der Waals surface area contributed by atoms with Crippen LogP contribution in [0.15, 0.2) is 21.2 Å².